The highest BCUT2D eigenvalue weighted by atomic mass is 17.1. The third-order valence-electron chi connectivity index (χ3n) is 8.81. The van der Waals surface area contributed by atoms with Gasteiger partial charge >= 0.3 is 0 Å². The first-order valence-electron chi connectivity index (χ1n) is 15.3. The molecule has 0 radical (unpaired) electrons. The summed E-state index contributed by atoms with van der Waals surface area (Å²) in [5, 5.41) is 8.76. The molecule has 1 N–H and O–H groups in total. The third-order valence-corrected chi connectivity index (χ3v) is 8.81. The maximum Gasteiger partial charge on any atom is 0.111 e. The molecule has 2 nitrogen and oxygen atoms in total. The minimum Gasteiger partial charge on any atom is -0.251 e. The van der Waals surface area contributed by atoms with Gasteiger partial charge in [0.25, 0.3) is 0 Å². The summed E-state index contributed by atoms with van der Waals surface area (Å²) in [6, 6.07) is 25.8. The molecule has 0 bridgehead atoms. The van der Waals surface area contributed by atoms with Gasteiger partial charge in [0.15, 0.2) is 0 Å². The number of aryl methyl sites for hydroxylation is 3. The molecule has 39 heavy (non-hydrogen) atoms. The zero-order chi connectivity index (χ0) is 27.5. The smallest absolute Gasteiger partial charge is 0.111 e. The Morgan fingerprint density at radius 2 is 1.38 bits per heavy atom. The van der Waals surface area contributed by atoms with Gasteiger partial charge in [0.2, 0.25) is 0 Å². The summed E-state index contributed by atoms with van der Waals surface area (Å²) in [5.41, 5.74) is 10.0. The SMILES string of the molecule is C=CC(CCCCCCc1ccc(C2CCC(c3ccc(-c4ccc(CCC)cc4)c(C)c3)CC2)cc1)OO. The molecule has 4 rings (SSSR count). The van der Waals surface area contributed by atoms with Crippen LogP contribution in [0.5, 0.6) is 0 Å². The Labute approximate surface area is 237 Å². The predicted octanol–water partition coefficient (Wildman–Crippen LogP) is 10.6. The molecular weight excluding hydrogens is 476 g/mol. The standard InChI is InChI=1S/C37H48O2/c1-4-10-29-15-19-34(20-16-29)37-26-25-35(27-28(37)3)33-23-21-32(22-24-33)31-17-13-30(14-18-31)11-8-6-7-9-12-36(5-2)39-38/h5,13-20,25-27,32-33,36,38H,2,4,6-12,21-24H2,1,3H3. The summed E-state index contributed by atoms with van der Waals surface area (Å²) in [7, 11) is 0. The number of rotatable bonds is 14. The zero-order valence-electron chi connectivity index (χ0n) is 24.2. The second-order valence-electron chi connectivity index (χ2n) is 11.6. The second kappa shape index (κ2) is 15.2. The molecule has 1 fully saturated rings. The van der Waals surface area contributed by atoms with Crippen LogP contribution in [0, 0.1) is 6.92 Å². The molecule has 0 aromatic heterocycles. The highest BCUT2D eigenvalue weighted by molar-refractivity contribution is 5.68. The average molecular weight is 525 g/mol. The van der Waals surface area contributed by atoms with E-state index in [-0.39, 0.29) is 6.10 Å². The molecule has 0 spiro atoms. The summed E-state index contributed by atoms with van der Waals surface area (Å²) in [5.74, 6) is 1.38. The molecule has 1 saturated carbocycles. The minimum atomic E-state index is -0.226. The molecule has 0 amide bonds. The number of unbranched alkanes of at least 4 members (excludes halogenated alkanes) is 3. The van der Waals surface area contributed by atoms with Crippen molar-refractivity contribution in [2.75, 3.05) is 0 Å². The summed E-state index contributed by atoms with van der Waals surface area (Å²) in [6.45, 7) is 8.20. The van der Waals surface area contributed by atoms with E-state index in [1.54, 1.807) is 6.08 Å². The summed E-state index contributed by atoms with van der Waals surface area (Å²) in [4.78, 5) is 4.38. The first-order chi connectivity index (χ1) is 19.1. The topological polar surface area (TPSA) is 29.5 Å². The van der Waals surface area contributed by atoms with E-state index in [2.05, 4.69) is 92.0 Å². The van der Waals surface area contributed by atoms with Gasteiger partial charge in [-0.1, -0.05) is 105 Å². The van der Waals surface area contributed by atoms with Gasteiger partial charge in [-0.2, -0.15) is 0 Å². The van der Waals surface area contributed by atoms with Crippen LogP contribution < -0.4 is 0 Å². The van der Waals surface area contributed by atoms with Crippen molar-refractivity contribution in [1.29, 1.82) is 0 Å². The largest absolute Gasteiger partial charge is 0.251 e. The maximum absolute atomic E-state index is 8.76. The molecule has 1 atom stereocenters. The van der Waals surface area contributed by atoms with Crippen LogP contribution in [-0.4, -0.2) is 11.4 Å². The number of benzene rings is 3. The van der Waals surface area contributed by atoms with E-state index < -0.39 is 0 Å². The van der Waals surface area contributed by atoms with Crippen molar-refractivity contribution >= 4 is 0 Å². The Kier molecular flexibility index (Phi) is 11.4. The van der Waals surface area contributed by atoms with E-state index >= 15 is 0 Å². The van der Waals surface area contributed by atoms with Crippen LogP contribution in [0.1, 0.15) is 111 Å². The molecule has 1 unspecified atom stereocenters. The Morgan fingerprint density at radius 3 is 2.00 bits per heavy atom. The second-order valence-corrected chi connectivity index (χ2v) is 11.6. The normalized spacial score (nSPS) is 18.1. The van der Waals surface area contributed by atoms with Crippen LogP contribution in [0.2, 0.25) is 0 Å². The third kappa shape index (κ3) is 8.40. The van der Waals surface area contributed by atoms with E-state index in [9.17, 15) is 0 Å². The van der Waals surface area contributed by atoms with Crippen LogP contribution in [0.25, 0.3) is 11.1 Å². The van der Waals surface area contributed by atoms with E-state index in [1.165, 1.54) is 90.3 Å². The molecule has 1 aliphatic carbocycles. The van der Waals surface area contributed by atoms with Gasteiger partial charge in [0.1, 0.15) is 6.10 Å². The minimum absolute atomic E-state index is 0.226. The molecule has 2 heteroatoms. The lowest BCUT2D eigenvalue weighted by atomic mass is 9.75. The van der Waals surface area contributed by atoms with Crippen molar-refractivity contribution in [3.05, 3.63) is 107 Å². The van der Waals surface area contributed by atoms with E-state index in [0.717, 1.165) is 25.7 Å². The molecule has 1 aliphatic rings. The average Bonchev–Trinajstić information content (AvgIpc) is 2.98. The van der Waals surface area contributed by atoms with Crippen molar-refractivity contribution in [3.63, 3.8) is 0 Å². The highest BCUT2D eigenvalue weighted by Crippen LogP contribution is 2.41. The molecule has 0 aliphatic heterocycles. The first kappa shape index (κ1) is 29.3. The Hall–Kier alpha value is -2.68. The molecule has 3 aromatic carbocycles. The van der Waals surface area contributed by atoms with Gasteiger partial charge in [-0.3, -0.25) is 5.26 Å². The Balaban J connectivity index is 1.22. The Morgan fingerprint density at radius 1 is 0.795 bits per heavy atom. The maximum atomic E-state index is 8.76. The van der Waals surface area contributed by atoms with E-state index in [1.807, 2.05) is 0 Å². The highest BCUT2D eigenvalue weighted by Gasteiger charge is 2.24. The van der Waals surface area contributed by atoms with Crippen LogP contribution >= 0.6 is 0 Å². The summed E-state index contributed by atoms with van der Waals surface area (Å²) in [6.07, 6.45) is 15.6. The number of hydrogen-bond acceptors (Lipinski definition) is 2. The van der Waals surface area contributed by atoms with Crippen molar-refractivity contribution < 1.29 is 10.1 Å². The van der Waals surface area contributed by atoms with Crippen LogP contribution in [0.15, 0.2) is 79.4 Å². The van der Waals surface area contributed by atoms with Crippen molar-refractivity contribution in [2.24, 2.45) is 0 Å². The van der Waals surface area contributed by atoms with Crippen LogP contribution in [-0.2, 0) is 17.7 Å². The number of hydrogen-bond donors (Lipinski definition) is 1. The molecular formula is C37H48O2. The summed E-state index contributed by atoms with van der Waals surface area (Å²) >= 11 is 0. The van der Waals surface area contributed by atoms with Crippen molar-refractivity contribution in [2.45, 2.75) is 109 Å². The predicted molar refractivity (Wildman–Crippen MR) is 165 cm³/mol. The van der Waals surface area contributed by atoms with Crippen LogP contribution in [0.3, 0.4) is 0 Å². The van der Waals surface area contributed by atoms with Crippen LogP contribution in [0.4, 0.5) is 0 Å². The monoisotopic (exact) mass is 524 g/mol. The lowest BCUT2D eigenvalue weighted by Gasteiger charge is -2.29. The van der Waals surface area contributed by atoms with Gasteiger partial charge in [-0.05, 0) is 109 Å². The van der Waals surface area contributed by atoms with Gasteiger partial charge in [-0.15, -0.1) is 6.58 Å². The zero-order valence-corrected chi connectivity index (χ0v) is 24.2. The first-order valence-corrected chi connectivity index (χ1v) is 15.3. The molecule has 0 saturated heterocycles. The summed E-state index contributed by atoms with van der Waals surface area (Å²) < 4.78 is 0. The molecule has 0 heterocycles. The fraction of sp³-hybridized carbons (Fsp3) is 0.459. The van der Waals surface area contributed by atoms with E-state index in [0.29, 0.717) is 11.8 Å². The van der Waals surface area contributed by atoms with Gasteiger partial charge < -0.3 is 0 Å². The Bertz CT molecular complexity index is 1140. The van der Waals surface area contributed by atoms with Gasteiger partial charge in [0, 0.05) is 0 Å². The quantitative estimate of drug-likeness (QED) is 0.0983. The van der Waals surface area contributed by atoms with Gasteiger partial charge in [0.05, 0.1) is 0 Å². The van der Waals surface area contributed by atoms with Crippen molar-refractivity contribution in [1.82, 2.24) is 0 Å². The lowest BCUT2D eigenvalue weighted by molar-refractivity contribution is -0.267. The van der Waals surface area contributed by atoms with Gasteiger partial charge in [-0.25, -0.2) is 4.89 Å². The fourth-order valence-electron chi connectivity index (χ4n) is 6.36. The van der Waals surface area contributed by atoms with E-state index in [4.69, 9.17) is 5.26 Å². The van der Waals surface area contributed by atoms with Crippen molar-refractivity contribution in [3.8, 4) is 11.1 Å². The molecule has 3 aromatic rings. The lowest BCUT2D eigenvalue weighted by Crippen LogP contribution is -2.12. The molecule has 208 valence electrons. The fourth-order valence-corrected chi connectivity index (χ4v) is 6.36.